The van der Waals surface area contributed by atoms with Gasteiger partial charge >= 0.3 is 11.9 Å². The molecule has 2 N–H and O–H groups in total. The van der Waals surface area contributed by atoms with Crippen molar-refractivity contribution >= 4 is 35.1 Å². The molecule has 8 heteroatoms. The van der Waals surface area contributed by atoms with Crippen LogP contribution in [0.4, 0.5) is 11.4 Å². The van der Waals surface area contributed by atoms with Crippen molar-refractivity contribution in [1.82, 2.24) is 0 Å². The topological polar surface area (TPSA) is 113 Å². The van der Waals surface area contributed by atoms with Crippen LogP contribution in [0.1, 0.15) is 31.1 Å². The molecule has 0 aromatic heterocycles. The summed E-state index contributed by atoms with van der Waals surface area (Å²) in [6.07, 6.45) is 2.23. The Balaban J connectivity index is 2.29. The molecule has 1 aromatic carbocycles. The van der Waals surface area contributed by atoms with Gasteiger partial charge in [0.05, 0.1) is 16.9 Å². The van der Waals surface area contributed by atoms with E-state index < -0.39 is 29.4 Å². The number of carbonyl (C=O) groups excluding carboxylic acids is 3. The number of carboxylic acid groups (broad SMARTS) is 1. The van der Waals surface area contributed by atoms with E-state index in [0.717, 1.165) is 17.1 Å². The number of aromatic carboxylic acids is 1. The summed E-state index contributed by atoms with van der Waals surface area (Å²) in [4.78, 5) is 47.6. The number of benzene rings is 1. The molecule has 0 spiro atoms. The summed E-state index contributed by atoms with van der Waals surface area (Å²) in [6, 6.07) is 3.86. The molecule has 8 nitrogen and oxygen atoms in total. The fourth-order valence-electron chi connectivity index (χ4n) is 2.19. The Hall–Kier alpha value is -3.16. The summed E-state index contributed by atoms with van der Waals surface area (Å²) >= 11 is 0. The minimum atomic E-state index is -1.18. The number of nitrogens with one attached hydrogen (secondary N) is 1. The number of carboxylic acids is 1. The van der Waals surface area contributed by atoms with Crippen molar-refractivity contribution in [1.29, 1.82) is 0 Å². The van der Waals surface area contributed by atoms with Crippen molar-refractivity contribution < 1.29 is 29.0 Å². The second-order valence-electron chi connectivity index (χ2n) is 6.32. The summed E-state index contributed by atoms with van der Waals surface area (Å²) in [5.41, 5.74) is -0.401. The van der Waals surface area contributed by atoms with Gasteiger partial charge in [0.2, 0.25) is 0 Å². The number of nitrogens with zero attached hydrogens (tertiary/aromatic N) is 1. The second kappa shape index (κ2) is 6.76. The van der Waals surface area contributed by atoms with Gasteiger partial charge in [0.15, 0.2) is 0 Å². The number of ether oxygens (including phenoxy) is 1. The SMILES string of the molecule is CC(C)(C)OC(=O)CNc1cc(C(=O)O)ccc1N1C(=O)C=CC1=O. The van der Waals surface area contributed by atoms with Crippen LogP contribution in [0.5, 0.6) is 0 Å². The third-order valence-electron chi connectivity index (χ3n) is 3.14. The molecule has 0 atom stereocenters. The smallest absolute Gasteiger partial charge is 0.335 e. The van der Waals surface area contributed by atoms with Gasteiger partial charge in [-0.3, -0.25) is 14.4 Å². The average molecular weight is 346 g/mol. The second-order valence-corrected chi connectivity index (χ2v) is 6.32. The van der Waals surface area contributed by atoms with Crippen LogP contribution < -0.4 is 10.2 Å². The molecule has 1 heterocycles. The maximum atomic E-state index is 11.9. The monoisotopic (exact) mass is 346 g/mol. The molecule has 0 bridgehead atoms. The molecule has 0 saturated heterocycles. The van der Waals surface area contributed by atoms with Crippen molar-refractivity contribution in [2.75, 3.05) is 16.8 Å². The van der Waals surface area contributed by atoms with Crippen LogP contribution in [0.15, 0.2) is 30.4 Å². The number of anilines is 2. The summed E-state index contributed by atoms with van der Waals surface area (Å²) in [6.45, 7) is 4.90. The summed E-state index contributed by atoms with van der Waals surface area (Å²) < 4.78 is 5.17. The van der Waals surface area contributed by atoms with Gasteiger partial charge in [-0.15, -0.1) is 0 Å². The zero-order valence-electron chi connectivity index (χ0n) is 14.0. The Morgan fingerprint density at radius 2 is 1.76 bits per heavy atom. The third-order valence-corrected chi connectivity index (χ3v) is 3.14. The van der Waals surface area contributed by atoms with Gasteiger partial charge in [-0.2, -0.15) is 0 Å². The highest BCUT2D eigenvalue weighted by molar-refractivity contribution is 6.29. The lowest BCUT2D eigenvalue weighted by Crippen LogP contribution is -2.31. The molecule has 1 aliphatic rings. The van der Waals surface area contributed by atoms with Gasteiger partial charge in [-0.1, -0.05) is 0 Å². The van der Waals surface area contributed by atoms with Crippen molar-refractivity contribution in [3.05, 3.63) is 35.9 Å². The Kier molecular flexibility index (Phi) is 4.92. The minimum Gasteiger partial charge on any atom is -0.478 e. The van der Waals surface area contributed by atoms with Crippen molar-refractivity contribution in [3.63, 3.8) is 0 Å². The van der Waals surface area contributed by atoms with Crippen LogP contribution in [0.2, 0.25) is 0 Å². The fraction of sp³-hybridized carbons (Fsp3) is 0.294. The number of rotatable bonds is 5. The molecular weight excluding hydrogens is 328 g/mol. The average Bonchev–Trinajstić information content (AvgIpc) is 2.82. The van der Waals surface area contributed by atoms with E-state index >= 15 is 0 Å². The zero-order valence-corrected chi connectivity index (χ0v) is 14.0. The maximum absolute atomic E-state index is 11.9. The van der Waals surface area contributed by atoms with E-state index in [-0.39, 0.29) is 23.5 Å². The van der Waals surface area contributed by atoms with Gasteiger partial charge in [0.1, 0.15) is 12.1 Å². The standard InChI is InChI=1S/C17H18N2O6/c1-17(2,3)25-15(22)9-18-11-8-10(16(23)24)4-5-12(11)19-13(20)6-7-14(19)21/h4-8,18H,9H2,1-3H3,(H,23,24). The van der Waals surface area contributed by atoms with E-state index in [9.17, 15) is 19.2 Å². The predicted molar refractivity (Wildman–Crippen MR) is 89.4 cm³/mol. The summed E-state index contributed by atoms with van der Waals surface area (Å²) in [5, 5.41) is 11.9. The van der Waals surface area contributed by atoms with E-state index in [0.29, 0.717) is 0 Å². The highest BCUT2D eigenvalue weighted by Crippen LogP contribution is 2.29. The van der Waals surface area contributed by atoms with Gasteiger partial charge in [-0.25, -0.2) is 9.69 Å². The van der Waals surface area contributed by atoms with E-state index in [1.165, 1.54) is 18.2 Å². The lowest BCUT2D eigenvalue weighted by molar-refractivity contribution is -0.152. The Labute approximate surface area is 144 Å². The minimum absolute atomic E-state index is 0.0532. The van der Waals surface area contributed by atoms with Crippen LogP contribution >= 0.6 is 0 Å². The number of amides is 2. The van der Waals surface area contributed by atoms with E-state index in [4.69, 9.17) is 9.84 Å². The quantitative estimate of drug-likeness (QED) is 0.614. The first-order valence-electron chi connectivity index (χ1n) is 7.47. The van der Waals surface area contributed by atoms with E-state index in [1.807, 2.05) is 0 Å². The van der Waals surface area contributed by atoms with Crippen LogP contribution in [0, 0.1) is 0 Å². The van der Waals surface area contributed by atoms with Gasteiger partial charge < -0.3 is 15.2 Å². The van der Waals surface area contributed by atoms with Gasteiger partial charge in [0, 0.05) is 12.2 Å². The van der Waals surface area contributed by atoms with Crippen LogP contribution in [0.3, 0.4) is 0 Å². The van der Waals surface area contributed by atoms with E-state index in [2.05, 4.69) is 5.32 Å². The van der Waals surface area contributed by atoms with Crippen LogP contribution in [-0.2, 0) is 19.1 Å². The van der Waals surface area contributed by atoms with Crippen molar-refractivity contribution in [2.45, 2.75) is 26.4 Å². The molecule has 132 valence electrons. The molecular formula is C17H18N2O6. The van der Waals surface area contributed by atoms with E-state index in [1.54, 1.807) is 20.8 Å². The third kappa shape index (κ3) is 4.43. The number of hydrogen-bond acceptors (Lipinski definition) is 6. The normalized spacial score (nSPS) is 14.0. The fourth-order valence-corrected chi connectivity index (χ4v) is 2.19. The van der Waals surface area contributed by atoms with Crippen molar-refractivity contribution in [2.24, 2.45) is 0 Å². The first-order chi connectivity index (χ1) is 11.6. The molecule has 0 unspecified atom stereocenters. The number of carbonyl (C=O) groups is 4. The molecule has 0 radical (unpaired) electrons. The highest BCUT2D eigenvalue weighted by atomic mass is 16.6. The lowest BCUT2D eigenvalue weighted by Gasteiger charge is -2.22. The molecule has 2 rings (SSSR count). The molecule has 0 saturated carbocycles. The molecule has 0 aliphatic carbocycles. The first-order valence-corrected chi connectivity index (χ1v) is 7.47. The highest BCUT2D eigenvalue weighted by Gasteiger charge is 2.28. The first kappa shape index (κ1) is 18.2. The zero-order chi connectivity index (χ0) is 18.8. The Morgan fingerprint density at radius 1 is 1.16 bits per heavy atom. The summed E-state index contributed by atoms with van der Waals surface area (Å²) in [7, 11) is 0. The predicted octanol–water partition coefficient (Wildman–Crippen LogP) is 1.57. The Morgan fingerprint density at radius 3 is 2.28 bits per heavy atom. The summed E-state index contributed by atoms with van der Waals surface area (Å²) in [5.74, 6) is -2.83. The molecule has 1 aromatic rings. The van der Waals surface area contributed by atoms with Crippen LogP contribution in [0.25, 0.3) is 0 Å². The number of esters is 1. The maximum Gasteiger partial charge on any atom is 0.335 e. The molecule has 0 fully saturated rings. The van der Waals surface area contributed by atoms with Gasteiger partial charge in [0.25, 0.3) is 11.8 Å². The molecule has 1 aliphatic heterocycles. The molecule has 2 amide bonds. The Bertz CT molecular complexity index is 758. The van der Waals surface area contributed by atoms with Gasteiger partial charge in [-0.05, 0) is 39.0 Å². The molecule has 25 heavy (non-hydrogen) atoms. The lowest BCUT2D eigenvalue weighted by atomic mass is 10.1. The number of imide groups is 1. The van der Waals surface area contributed by atoms with Crippen molar-refractivity contribution in [3.8, 4) is 0 Å². The number of hydrogen-bond donors (Lipinski definition) is 2. The van der Waals surface area contributed by atoms with Crippen LogP contribution in [-0.4, -0.2) is 41.0 Å². The largest absolute Gasteiger partial charge is 0.478 e.